The smallest absolute Gasteiger partial charge is 0.222 e. The fourth-order valence-corrected chi connectivity index (χ4v) is 2.13. The second-order valence-electron chi connectivity index (χ2n) is 6.08. The van der Waals surface area contributed by atoms with Crippen LogP contribution in [0.4, 0.5) is 11.4 Å². The van der Waals surface area contributed by atoms with E-state index in [2.05, 4.69) is 15.6 Å². The van der Waals surface area contributed by atoms with Crippen molar-refractivity contribution in [3.05, 3.63) is 30.5 Å². The van der Waals surface area contributed by atoms with Gasteiger partial charge in [0.15, 0.2) is 0 Å². The summed E-state index contributed by atoms with van der Waals surface area (Å²) < 4.78 is 0. The number of nitrogen functional groups attached to an aromatic ring is 1. The van der Waals surface area contributed by atoms with Gasteiger partial charge in [0.05, 0.1) is 11.2 Å². The third-order valence-corrected chi connectivity index (χ3v) is 2.99. The Balaban J connectivity index is 2.02. The molecule has 1 aromatic heterocycles. The van der Waals surface area contributed by atoms with Crippen LogP contribution >= 0.6 is 0 Å². The van der Waals surface area contributed by atoms with Crippen LogP contribution in [-0.2, 0) is 4.79 Å². The fourth-order valence-electron chi connectivity index (χ4n) is 2.13. The summed E-state index contributed by atoms with van der Waals surface area (Å²) in [7, 11) is 0. The zero-order valence-electron chi connectivity index (χ0n) is 12.7. The van der Waals surface area contributed by atoms with Crippen molar-refractivity contribution < 1.29 is 4.79 Å². The minimum atomic E-state index is -0.202. The molecular weight excluding hydrogens is 264 g/mol. The highest BCUT2D eigenvalue weighted by Crippen LogP contribution is 2.26. The lowest BCUT2D eigenvalue weighted by molar-refractivity contribution is -0.122. The van der Waals surface area contributed by atoms with Crippen molar-refractivity contribution in [1.29, 1.82) is 0 Å². The van der Waals surface area contributed by atoms with Crippen molar-refractivity contribution in [2.24, 2.45) is 0 Å². The van der Waals surface area contributed by atoms with Crippen LogP contribution in [0.15, 0.2) is 30.5 Å². The Hall–Kier alpha value is -2.30. The van der Waals surface area contributed by atoms with E-state index in [1.807, 2.05) is 45.0 Å². The van der Waals surface area contributed by atoms with Crippen molar-refractivity contribution in [3.8, 4) is 0 Å². The van der Waals surface area contributed by atoms with E-state index in [0.29, 0.717) is 18.7 Å². The normalized spacial score (nSPS) is 11.4. The number of hydrogen-bond donors (Lipinski definition) is 3. The van der Waals surface area contributed by atoms with Crippen molar-refractivity contribution in [3.63, 3.8) is 0 Å². The minimum absolute atomic E-state index is 0.0303. The maximum atomic E-state index is 11.8. The number of nitrogens with one attached hydrogen (secondary N) is 2. The standard InChI is InChI=1S/C16H22N4O/c1-16(2,3)20-14(21)8-10-18-13-7-6-12(17)11-5-4-9-19-15(11)13/h4-7,9,18H,8,10,17H2,1-3H3,(H,20,21). The average molecular weight is 286 g/mol. The number of carbonyl (C=O) groups excluding carboxylic acids is 1. The Bertz CT molecular complexity index is 646. The first-order chi connectivity index (χ1) is 9.87. The highest BCUT2D eigenvalue weighted by Gasteiger charge is 2.13. The third-order valence-electron chi connectivity index (χ3n) is 2.99. The monoisotopic (exact) mass is 286 g/mol. The molecule has 0 fully saturated rings. The Labute approximate surface area is 124 Å². The first-order valence-electron chi connectivity index (χ1n) is 7.05. The van der Waals surface area contributed by atoms with Crippen molar-refractivity contribution in [2.75, 3.05) is 17.6 Å². The molecule has 0 saturated carbocycles. The van der Waals surface area contributed by atoms with E-state index in [-0.39, 0.29) is 11.4 Å². The Morgan fingerprint density at radius 2 is 2.05 bits per heavy atom. The topological polar surface area (TPSA) is 80.0 Å². The molecule has 0 atom stereocenters. The number of aromatic nitrogens is 1. The van der Waals surface area contributed by atoms with E-state index in [1.165, 1.54) is 0 Å². The number of pyridine rings is 1. The maximum Gasteiger partial charge on any atom is 0.222 e. The van der Waals surface area contributed by atoms with Crippen LogP contribution in [0.2, 0.25) is 0 Å². The van der Waals surface area contributed by atoms with Crippen LogP contribution in [-0.4, -0.2) is 23.0 Å². The van der Waals surface area contributed by atoms with Gasteiger partial charge in [0, 0.05) is 35.8 Å². The number of nitrogens with zero attached hydrogens (tertiary/aromatic N) is 1. The maximum absolute atomic E-state index is 11.8. The lowest BCUT2D eigenvalue weighted by Crippen LogP contribution is -2.41. The fraction of sp³-hybridized carbons (Fsp3) is 0.375. The van der Waals surface area contributed by atoms with E-state index in [1.54, 1.807) is 6.20 Å². The summed E-state index contributed by atoms with van der Waals surface area (Å²) in [6, 6.07) is 7.54. The van der Waals surface area contributed by atoms with Gasteiger partial charge in [0.2, 0.25) is 5.91 Å². The number of rotatable bonds is 4. The molecule has 0 saturated heterocycles. The largest absolute Gasteiger partial charge is 0.398 e. The summed E-state index contributed by atoms with van der Waals surface area (Å²) in [6.07, 6.45) is 2.15. The van der Waals surface area contributed by atoms with Gasteiger partial charge in [-0.3, -0.25) is 9.78 Å². The molecule has 1 amide bonds. The second kappa shape index (κ2) is 5.99. The third kappa shape index (κ3) is 4.08. The highest BCUT2D eigenvalue weighted by atomic mass is 16.1. The van der Waals surface area contributed by atoms with E-state index < -0.39 is 0 Å². The summed E-state index contributed by atoms with van der Waals surface area (Å²) in [6.45, 7) is 6.46. The molecule has 21 heavy (non-hydrogen) atoms. The van der Waals surface area contributed by atoms with E-state index in [0.717, 1.165) is 16.6 Å². The van der Waals surface area contributed by atoms with Gasteiger partial charge in [-0.2, -0.15) is 0 Å². The van der Waals surface area contributed by atoms with Gasteiger partial charge in [0.25, 0.3) is 0 Å². The van der Waals surface area contributed by atoms with Gasteiger partial charge in [-0.1, -0.05) is 0 Å². The molecule has 1 heterocycles. The van der Waals surface area contributed by atoms with Gasteiger partial charge in [-0.05, 0) is 45.0 Å². The van der Waals surface area contributed by atoms with Crippen LogP contribution in [0.1, 0.15) is 27.2 Å². The summed E-state index contributed by atoms with van der Waals surface area (Å²) in [4.78, 5) is 16.1. The number of benzene rings is 1. The molecule has 0 aliphatic rings. The zero-order valence-corrected chi connectivity index (χ0v) is 12.7. The molecule has 5 nitrogen and oxygen atoms in total. The average Bonchev–Trinajstić information content (AvgIpc) is 2.40. The van der Waals surface area contributed by atoms with Crippen molar-refractivity contribution >= 4 is 28.2 Å². The van der Waals surface area contributed by atoms with E-state index in [4.69, 9.17) is 5.73 Å². The Morgan fingerprint density at radius 1 is 1.29 bits per heavy atom. The number of carbonyl (C=O) groups is 1. The summed E-state index contributed by atoms with van der Waals surface area (Å²) in [5.74, 6) is 0.0303. The van der Waals surface area contributed by atoms with Gasteiger partial charge in [-0.25, -0.2) is 0 Å². The van der Waals surface area contributed by atoms with Crippen LogP contribution in [0.3, 0.4) is 0 Å². The molecule has 5 heteroatoms. The lowest BCUT2D eigenvalue weighted by atomic mass is 10.1. The molecule has 0 unspecified atom stereocenters. The molecule has 1 aromatic carbocycles. The van der Waals surface area contributed by atoms with Gasteiger partial charge >= 0.3 is 0 Å². The zero-order chi connectivity index (χ0) is 15.5. The molecule has 112 valence electrons. The molecule has 2 aromatic rings. The second-order valence-corrected chi connectivity index (χ2v) is 6.08. The number of nitrogens with two attached hydrogens (primary N) is 1. The van der Waals surface area contributed by atoms with E-state index in [9.17, 15) is 4.79 Å². The predicted molar refractivity (Wildman–Crippen MR) is 87.2 cm³/mol. The molecule has 0 bridgehead atoms. The molecule has 0 aliphatic carbocycles. The summed E-state index contributed by atoms with van der Waals surface area (Å²) >= 11 is 0. The molecule has 0 spiro atoms. The van der Waals surface area contributed by atoms with E-state index >= 15 is 0 Å². The minimum Gasteiger partial charge on any atom is -0.398 e. The predicted octanol–water partition coefficient (Wildman–Crippen LogP) is 2.53. The summed E-state index contributed by atoms with van der Waals surface area (Å²) in [5.41, 5.74) is 8.16. The van der Waals surface area contributed by atoms with Crippen LogP contribution < -0.4 is 16.4 Å². The number of hydrogen-bond acceptors (Lipinski definition) is 4. The van der Waals surface area contributed by atoms with Crippen molar-refractivity contribution in [1.82, 2.24) is 10.3 Å². The number of anilines is 2. The molecule has 0 radical (unpaired) electrons. The molecular formula is C16H22N4O. The SMILES string of the molecule is CC(C)(C)NC(=O)CCNc1ccc(N)c2cccnc12. The number of amides is 1. The first kappa shape index (κ1) is 15.1. The number of fused-ring (bicyclic) bond motifs is 1. The molecule has 4 N–H and O–H groups in total. The van der Waals surface area contributed by atoms with Crippen LogP contribution in [0.5, 0.6) is 0 Å². The first-order valence-corrected chi connectivity index (χ1v) is 7.05. The Morgan fingerprint density at radius 3 is 2.76 bits per heavy atom. The molecule has 2 rings (SSSR count). The van der Waals surface area contributed by atoms with Gasteiger partial charge < -0.3 is 16.4 Å². The van der Waals surface area contributed by atoms with Gasteiger partial charge in [0.1, 0.15) is 0 Å². The van der Waals surface area contributed by atoms with Gasteiger partial charge in [-0.15, -0.1) is 0 Å². The Kier molecular flexibility index (Phi) is 4.31. The van der Waals surface area contributed by atoms with Crippen LogP contribution in [0.25, 0.3) is 10.9 Å². The van der Waals surface area contributed by atoms with Crippen LogP contribution in [0, 0.1) is 0 Å². The summed E-state index contributed by atoms with van der Waals surface area (Å²) in [5, 5.41) is 7.11. The highest BCUT2D eigenvalue weighted by molar-refractivity contribution is 5.98. The van der Waals surface area contributed by atoms with Crippen molar-refractivity contribution in [2.45, 2.75) is 32.7 Å². The lowest BCUT2D eigenvalue weighted by Gasteiger charge is -2.20. The molecule has 0 aliphatic heterocycles. The quantitative estimate of drug-likeness (QED) is 0.755.